The minimum atomic E-state index is 0.988. The zero-order valence-corrected chi connectivity index (χ0v) is 5.22. The van der Waals surface area contributed by atoms with E-state index in [2.05, 4.69) is 24.1 Å². The highest BCUT2D eigenvalue weighted by Crippen LogP contribution is 1.97. The largest absolute Gasteiger partial charge is 0.294 e. The van der Waals surface area contributed by atoms with E-state index in [-0.39, 0.29) is 0 Å². The molecule has 0 saturated heterocycles. The zero-order chi connectivity index (χ0) is 5.82. The molecule has 0 saturated carbocycles. The molecule has 8 heavy (non-hydrogen) atoms. The molecule has 1 heteroatoms. The molecular weight excluding hydrogens is 98.1 g/mol. The van der Waals surface area contributed by atoms with Crippen LogP contribution in [0.3, 0.4) is 0 Å². The number of nitrogens with zero attached hydrogens (tertiary/aromatic N) is 1. The predicted molar refractivity (Wildman–Crippen MR) is 36.4 cm³/mol. The molecule has 0 aromatic heterocycles. The molecular formula is C7H11N. The van der Waals surface area contributed by atoms with E-state index in [1.54, 1.807) is 0 Å². The van der Waals surface area contributed by atoms with Gasteiger partial charge in [-0.3, -0.25) is 4.99 Å². The lowest BCUT2D eigenvalue weighted by molar-refractivity contribution is 1.01. The number of allylic oxidation sites excluding steroid dienone is 1. The summed E-state index contributed by atoms with van der Waals surface area (Å²) >= 11 is 0. The fraction of sp³-hybridized carbons (Fsp3) is 0.571. The number of rotatable bonds is 0. The van der Waals surface area contributed by atoms with E-state index in [4.69, 9.17) is 0 Å². The van der Waals surface area contributed by atoms with Gasteiger partial charge in [-0.25, -0.2) is 0 Å². The highest BCUT2D eigenvalue weighted by atomic mass is 14.7. The standard InChI is InChI=1S/C7H11N/c1-7-5-3-2-4-6-8-7/h2-3H,4-6H2,1H3. The predicted octanol–water partition coefficient (Wildman–Crippen LogP) is 1.80. The molecule has 0 radical (unpaired) electrons. The van der Waals surface area contributed by atoms with Gasteiger partial charge in [-0.15, -0.1) is 0 Å². The van der Waals surface area contributed by atoms with Gasteiger partial charge in [0.25, 0.3) is 0 Å². The molecule has 0 bridgehead atoms. The molecule has 0 spiro atoms. The maximum Gasteiger partial charge on any atom is 0.0423 e. The second-order valence-corrected chi connectivity index (χ2v) is 2.08. The highest BCUT2D eigenvalue weighted by molar-refractivity contribution is 5.83. The molecule has 0 N–H and O–H groups in total. The molecule has 0 aromatic carbocycles. The van der Waals surface area contributed by atoms with Crippen molar-refractivity contribution in [3.63, 3.8) is 0 Å². The van der Waals surface area contributed by atoms with Crippen molar-refractivity contribution in [2.75, 3.05) is 6.54 Å². The second kappa shape index (κ2) is 2.65. The second-order valence-electron chi connectivity index (χ2n) is 2.08. The summed E-state index contributed by atoms with van der Waals surface area (Å²) in [5.41, 5.74) is 1.26. The molecule has 0 atom stereocenters. The first-order valence-corrected chi connectivity index (χ1v) is 3.04. The van der Waals surface area contributed by atoms with Crippen molar-refractivity contribution in [3.8, 4) is 0 Å². The first-order chi connectivity index (χ1) is 3.89. The lowest BCUT2D eigenvalue weighted by Crippen LogP contribution is -1.86. The first-order valence-electron chi connectivity index (χ1n) is 3.04. The van der Waals surface area contributed by atoms with Crippen LogP contribution in [0.5, 0.6) is 0 Å². The summed E-state index contributed by atoms with van der Waals surface area (Å²) in [5, 5.41) is 0. The Balaban J connectivity index is 2.51. The van der Waals surface area contributed by atoms with Crippen LogP contribution in [0.4, 0.5) is 0 Å². The number of hydrogen-bond donors (Lipinski definition) is 0. The van der Waals surface area contributed by atoms with Gasteiger partial charge in [0, 0.05) is 18.7 Å². The van der Waals surface area contributed by atoms with Gasteiger partial charge in [-0.2, -0.15) is 0 Å². The molecule has 0 aliphatic carbocycles. The summed E-state index contributed by atoms with van der Waals surface area (Å²) < 4.78 is 0. The molecule has 44 valence electrons. The molecule has 0 amide bonds. The van der Waals surface area contributed by atoms with Crippen LogP contribution >= 0.6 is 0 Å². The van der Waals surface area contributed by atoms with Gasteiger partial charge in [0.1, 0.15) is 0 Å². The molecule has 0 fully saturated rings. The quantitative estimate of drug-likeness (QED) is 0.420. The Kier molecular flexibility index (Phi) is 1.84. The van der Waals surface area contributed by atoms with E-state index >= 15 is 0 Å². The van der Waals surface area contributed by atoms with Gasteiger partial charge < -0.3 is 0 Å². The van der Waals surface area contributed by atoms with Crippen LogP contribution in [-0.2, 0) is 0 Å². The van der Waals surface area contributed by atoms with Crippen molar-refractivity contribution >= 4 is 5.71 Å². The van der Waals surface area contributed by atoms with Crippen LogP contribution in [0, 0.1) is 0 Å². The van der Waals surface area contributed by atoms with E-state index in [0.29, 0.717) is 0 Å². The molecule has 0 unspecified atom stereocenters. The Labute approximate surface area is 50.1 Å². The van der Waals surface area contributed by atoms with Crippen LogP contribution in [0.1, 0.15) is 19.8 Å². The third-order valence-corrected chi connectivity index (χ3v) is 1.26. The molecule has 0 aromatic rings. The lowest BCUT2D eigenvalue weighted by atomic mass is 10.3. The Morgan fingerprint density at radius 2 is 2.38 bits per heavy atom. The summed E-state index contributed by atoms with van der Waals surface area (Å²) in [5.74, 6) is 0. The van der Waals surface area contributed by atoms with Crippen LogP contribution in [0.25, 0.3) is 0 Å². The van der Waals surface area contributed by atoms with Crippen LogP contribution in [0.2, 0.25) is 0 Å². The lowest BCUT2D eigenvalue weighted by Gasteiger charge is -1.87. The zero-order valence-electron chi connectivity index (χ0n) is 5.22. The van der Waals surface area contributed by atoms with Crippen molar-refractivity contribution < 1.29 is 0 Å². The average molecular weight is 109 g/mol. The third-order valence-electron chi connectivity index (χ3n) is 1.26. The van der Waals surface area contributed by atoms with Crippen molar-refractivity contribution in [1.82, 2.24) is 0 Å². The van der Waals surface area contributed by atoms with Gasteiger partial charge in [-0.1, -0.05) is 12.2 Å². The van der Waals surface area contributed by atoms with Crippen molar-refractivity contribution in [2.24, 2.45) is 4.99 Å². The van der Waals surface area contributed by atoms with Crippen molar-refractivity contribution in [2.45, 2.75) is 19.8 Å². The maximum absolute atomic E-state index is 4.28. The smallest absolute Gasteiger partial charge is 0.0423 e. The molecule has 1 rings (SSSR count). The SMILES string of the molecule is CC1=NCCC=CC1. The number of aliphatic imine (C=N–C) groups is 1. The van der Waals surface area contributed by atoms with E-state index in [9.17, 15) is 0 Å². The number of hydrogen-bond acceptors (Lipinski definition) is 1. The first kappa shape index (κ1) is 5.54. The highest BCUT2D eigenvalue weighted by Gasteiger charge is 1.89. The Hall–Kier alpha value is -0.590. The normalized spacial score (nSPS) is 19.9. The minimum absolute atomic E-state index is 0.988. The van der Waals surface area contributed by atoms with Gasteiger partial charge in [0.15, 0.2) is 0 Å². The van der Waals surface area contributed by atoms with Gasteiger partial charge in [-0.05, 0) is 13.3 Å². The topological polar surface area (TPSA) is 12.4 Å². The Morgan fingerprint density at radius 1 is 1.50 bits per heavy atom. The van der Waals surface area contributed by atoms with E-state index in [0.717, 1.165) is 19.4 Å². The van der Waals surface area contributed by atoms with E-state index in [1.165, 1.54) is 5.71 Å². The van der Waals surface area contributed by atoms with Gasteiger partial charge >= 0.3 is 0 Å². The van der Waals surface area contributed by atoms with Gasteiger partial charge in [0.2, 0.25) is 0 Å². The van der Waals surface area contributed by atoms with Crippen LogP contribution in [0.15, 0.2) is 17.1 Å². The maximum atomic E-state index is 4.28. The monoisotopic (exact) mass is 109 g/mol. The third kappa shape index (κ3) is 1.49. The molecule has 1 heterocycles. The minimum Gasteiger partial charge on any atom is -0.294 e. The summed E-state index contributed by atoms with van der Waals surface area (Å²) in [6, 6.07) is 0. The van der Waals surface area contributed by atoms with E-state index in [1.807, 2.05) is 0 Å². The fourth-order valence-electron chi connectivity index (χ4n) is 0.766. The molecule has 1 aliphatic rings. The Bertz CT molecular complexity index is 122. The summed E-state index contributed by atoms with van der Waals surface area (Å²) in [4.78, 5) is 4.28. The Morgan fingerprint density at radius 3 is 3.25 bits per heavy atom. The fourth-order valence-corrected chi connectivity index (χ4v) is 0.766. The summed E-state index contributed by atoms with van der Waals surface area (Å²) in [6.07, 6.45) is 6.56. The van der Waals surface area contributed by atoms with Crippen LogP contribution < -0.4 is 0 Å². The summed E-state index contributed by atoms with van der Waals surface area (Å²) in [6.45, 7) is 3.07. The average Bonchev–Trinajstić information content (AvgIpc) is 1.94. The molecule has 1 nitrogen and oxygen atoms in total. The summed E-state index contributed by atoms with van der Waals surface area (Å²) in [7, 11) is 0. The van der Waals surface area contributed by atoms with Crippen molar-refractivity contribution in [3.05, 3.63) is 12.2 Å². The van der Waals surface area contributed by atoms with Gasteiger partial charge in [0.05, 0.1) is 0 Å². The van der Waals surface area contributed by atoms with E-state index < -0.39 is 0 Å². The molecule has 1 aliphatic heterocycles. The van der Waals surface area contributed by atoms with Crippen molar-refractivity contribution in [1.29, 1.82) is 0 Å². The van der Waals surface area contributed by atoms with Crippen LogP contribution in [-0.4, -0.2) is 12.3 Å².